The van der Waals surface area contributed by atoms with Crippen LogP contribution in [0.5, 0.6) is 0 Å². The monoisotopic (exact) mass is 570 g/mol. The van der Waals surface area contributed by atoms with Gasteiger partial charge in [0.2, 0.25) is 11.8 Å². The predicted octanol–water partition coefficient (Wildman–Crippen LogP) is 4.90. The van der Waals surface area contributed by atoms with Gasteiger partial charge in [0.25, 0.3) is 5.91 Å². The highest BCUT2D eigenvalue weighted by atomic mass is 16.6. The molecule has 3 aromatic rings. The average Bonchev–Trinajstić information content (AvgIpc) is 2.94. The molecule has 3 aromatic carbocycles. The third-order valence-electron chi connectivity index (χ3n) is 6.39. The van der Waals surface area contributed by atoms with Crippen LogP contribution in [0.2, 0.25) is 0 Å². The average molecular weight is 571 g/mol. The molecule has 0 spiro atoms. The van der Waals surface area contributed by atoms with Gasteiger partial charge in [-0.1, -0.05) is 55.3 Å². The molecule has 2 unspecified atom stereocenters. The molecule has 0 heterocycles. The Hall–Kier alpha value is -4.84. The number of nitrogens with one attached hydrogen (secondary N) is 2. The number of primary amides is 1. The van der Waals surface area contributed by atoms with Gasteiger partial charge < -0.3 is 26.0 Å². The summed E-state index contributed by atoms with van der Waals surface area (Å²) in [7, 11) is 0. The summed E-state index contributed by atoms with van der Waals surface area (Å²) in [4.78, 5) is 53.8. The lowest BCUT2D eigenvalue weighted by Gasteiger charge is -2.34. The van der Waals surface area contributed by atoms with Crippen LogP contribution in [0.25, 0.3) is 10.8 Å². The quantitative estimate of drug-likeness (QED) is 0.282. The van der Waals surface area contributed by atoms with Crippen LogP contribution in [-0.4, -0.2) is 46.9 Å². The summed E-state index contributed by atoms with van der Waals surface area (Å²) >= 11 is 0. The van der Waals surface area contributed by atoms with E-state index in [4.69, 9.17) is 16.9 Å². The fraction of sp³-hybridized carbons (Fsp3) is 0.333. The van der Waals surface area contributed by atoms with Crippen LogP contribution in [0, 0.1) is 12.3 Å². The molecule has 9 heteroatoms. The van der Waals surface area contributed by atoms with Crippen molar-refractivity contribution in [1.82, 2.24) is 10.2 Å². The normalized spacial score (nSPS) is 12.5. The SMILES string of the molecule is C#Cc1ccc(C(C(=O)Nc2ccc3ccccc3c2)N(CCC)C(=O)C(CCC(N)=O)NC(=O)OC(C)(C)C)cc1. The van der Waals surface area contributed by atoms with E-state index in [1.54, 1.807) is 51.1 Å². The van der Waals surface area contributed by atoms with Gasteiger partial charge in [0, 0.05) is 24.2 Å². The minimum atomic E-state index is -1.17. The number of alkyl carbamates (subject to hydrolysis) is 1. The van der Waals surface area contributed by atoms with Crippen molar-refractivity contribution in [3.63, 3.8) is 0 Å². The van der Waals surface area contributed by atoms with Gasteiger partial charge in [-0.25, -0.2) is 4.79 Å². The second-order valence-electron chi connectivity index (χ2n) is 11.0. The van der Waals surface area contributed by atoms with Crippen LogP contribution < -0.4 is 16.4 Å². The van der Waals surface area contributed by atoms with E-state index in [9.17, 15) is 19.2 Å². The standard InChI is InChI=1S/C33H38N4O5/c1-6-20-37(31(40)27(18-19-28(34)38)36-32(41)42-33(3,4)5)29(24-14-12-22(7-2)13-15-24)30(39)35-26-17-16-23-10-8-9-11-25(23)21-26/h2,8-17,21,27,29H,6,18-20H2,1,3-5H3,(H2,34,38)(H,35,39)(H,36,41). The maximum atomic E-state index is 14.1. The van der Waals surface area contributed by atoms with Gasteiger partial charge in [0.1, 0.15) is 17.7 Å². The molecule has 0 aliphatic heterocycles. The first kappa shape index (κ1) is 31.7. The Balaban J connectivity index is 2.02. The van der Waals surface area contributed by atoms with Gasteiger partial charge in [-0.05, 0) is 74.2 Å². The Morgan fingerprint density at radius 3 is 2.26 bits per heavy atom. The fourth-order valence-corrected chi connectivity index (χ4v) is 4.51. The number of carbonyl (C=O) groups excluding carboxylic acids is 4. The molecule has 3 rings (SSSR count). The Kier molecular flexibility index (Phi) is 10.7. The molecule has 0 aliphatic carbocycles. The number of anilines is 1. The van der Waals surface area contributed by atoms with Crippen molar-refractivity contribution >= 4 is 40.3 Å². The first-order valence-corrected chi connectivity index (χ1v) is 13.9. The number of fused-ring (bicyclic) bond motifs is 1. The van der Waals surface area contributed by atoms with Crippen molar-refractivity contribution < 1.29 is 23.9 Å². The number of terminal acetylenes is 1. The predicted molar refractivity (Wildman–Crippen MR) is 163 cm³/mol. The number of benzene rings is 3. The lowest BCUT2D eigenvalue weighted by Crippen LogP contribution is -2.52. The number of ether oxygens (including phenoxy) is 1. The molecule has 0 aromatic heterocycles. The Bertz CT molecular complexity index is 1470. The molecule has 2 atom stereocenters. The Morgan fingerprint density at radius 1 is 1.00 bits per heavy atom. The van der Waals surface area contributed by atoms with Gasteiger partial charge in [0.05, 0.1) is 0 Å². The third kappa shape index (κ3) is 8.83. The molecular formula is C33H38N4O5. The maximum absolute atomic E-state index is 14.1. The second kappa shape index (κ2) is 14.2. The molecule has 0 aliphatic rings. The van der Waals surface area contributed by atoms with Gasteiger partial charge in [0.15, 0.2) is 0 Å². The summed E-state index contributed by atoms with van der Waals surface area (Å²) in [5.74, 6) is 0.923. The van der Waals surface area contributed by atoms with Crippen molar-refractivity contribution in [2.75, 3.05) is 11.9 Å². The van der Waals surface area contributed by atoms with E-state index < -0.39 is 41.5 Å². The number of amides is 4. The molecule has 220 valence electrons. The van der Waals surface area contributed by atoms with Crippen LogP contribution >= 0.6 is 0 Å². The summed E-state index contributed by atoms with van der Waals surface area (Å²) in [6.45, 7) is 7.16. The van der Waals surface area contributed by atoms with Gasteiger partial charge >= 0.3 is 6.09 Å². The van der Waals surface area contributed by atoms with Crippen LogP contribution in [0.1, 0.15) is 64.1 Å². The van der Waals surface area contributed by atoms with Crippen molar-refractivity contribution in [2.24, 2.45) is 5.73 Å². The number of hydrogen-bond donors (Lipinski definition) is 3. The summed E-state index contributed by atoms with van der Waals surface area (Å²) < 4.78 is 5.36. The van der Waals surface area contributed by atoms with Crippen LogP contribution in [-0.2, 0) is 19.1 Å². The highest BCUT2D eigenvalue weighted by Gasteiger charge is 2.36. The molecule has 4 amide bonds. The van der Waals surface area contributed by atoms with Crippen LogP contribution in [0.4, 0.5) is 10.5 Å². The van der Waals surface area contributed by atoms with Crippen molar-refractivity contribution in [1.29, 1.82) is 0 Å². The van der Waals surface area contributed by atoms with E-state index in [0.717, 1.165) is 10.8 Å². The van der Waals surface area contributed by atoms with E-state index in [-0.39, 0.29) is 19.4 Å². The molecular weight excluding hydrogens is 532 g/mol. The molecule has 4 N–H and O–H groups in total. The zero-order valence-corrected chi connectivity index (χ0v) is 24.5. The second-order valence-corrected chi connectivity index (χ2v) is 11.0. The van der Waals surface area contributed by atoms with Gasteiger partial charge in [-0.3, -0.25) is 14.4 Å². The summed E-state index contributed by atoms with van der Waals surface area (Å²) in [5.41, 5.74) is 6.26. The summed E-state index contributed by atoms with van der Waals surface area (Å²) in [6.07, 6.45) is 5.02. The molecule has 0 bridgehead atoms. The third-order valence-corrected chi connectivity index (χ3v) is 6.39. The summed E-state index contributed by atoms with van der Waals surface area (Å²) in [6, 6.07) is 17.9. The molecule has 0 radical (unpaired) electrons. The van der Waals surface area contributed by atoms with Crippen molar-refractivity contribution in [3.05, 3.63) is 77.9 Å². The number of nitrogens with zero attached hydrogens (tertiary/aromatic N) is 1. The highest BCUT2D eigenvalue weighted by molar-refractivity contribution is 6.00. The van der Waals surface area contributed by atoms with Crippen LogP contribution in [0.15, 0.2) is 66.7 Å². The van der Waals surface area contributed by atoms with E-state index >= 15 is 0 Å². The zero-order chi connectivity index (χ0) is 30.9. The molecule has 0 fully saturated rings. The molecule has 9 nitrogen and oxygen atoms in total. The largest absolute Gasteiger partial charge is 0.444 e. The fourth-order valence-electron chi connectivity index (χ4n) is 4.51. The highest BCUT2D eigenvalue weighted by Crippen LogP contribution is 2.27. The Morgan fingerprint density at radius 2 is 1.67 bits per heavy atom. The maximum Gasteiger partial charge on any atom is 0.408 e. The molecule has 0 saturated carbocycles. The minimum Gasteiger partial charge on any atom is -0.444 e. The topological polar surface area (TPSA) is 131 Å². The number of hydrogen-bond acceptors (Lipinski definition) is 5. The smallest absolute Gasteiger partial charge is 0.408 e. The minimum absolute atomic E-state index is 0.0668. The number of carbonyl (C=O) groups is 4. The lowest BCUT2D eigenvalue weighted by atomic mass is 10.00. The molecule has 42 heavy (non-hydrogen) atoms. The van der Waals surface area contributed by atoms with Crippen molar-refractivity contribution in [2.45, 2.75) is 64.6 Å². The number of nitrogens with two attached hydrogens (primary N) is 1. The lowest BCUT2D eigenvalue weighted by molar-refractivity contribution is -0.141. The first-order valence-electron chi connectivity index (χ1n) is 13.9. The van der Waals surface area contributed by atoms with E-state index in [0.29, 0.717) is 23.2 Å². The summed E-state index contributed by atoms with van der Waals surface area (Å²) in [5, 5.41) is 7.50. The first-order chi connectivity index (χ1) is 19.9. The Labute approximate surface area is 246 Å². The zero-order valence-electron chi connectivity index (χ0n) is 24.5. The van der Waals surface area contributed by atoms with E-state index in [1.165, 1.54) is 4.90 Å². The van der Waals surface area contributed by atoms with Gasteiger partial charge in [-0.2, -0.15) is 0 Å². The van der Waals surface area contributed by atoms with Crippen LogP contribution in [0.3, 0.4) is 0 Å². The molecule has 0 saturated heterocycles. The van der Waals surface area contributed by atoms with Gasteiger partial charge in [-0.15, -0.1) is 6.42 Å². The number of rotatable bonds is 11. The van der Waals surface area contributed by atoms with E-state index in [2.05, 4.69) is 16.6 Å². The van der Waals surface area contributed by atoms with Crippen molar-refractivity contribution in [3.8, 4) is 12.3 Å². The van der Waals surface area contributed by atoms with E-state index in [1.807, 2.05) is 43.3 Å².